The van der Waals surface area contributed by atoms with Crippen molar-refractivity contribution < 1.29 is 0 Å². The van der Waals surface area contributed by atoms with Gasteiger partial charge in [-0.3, -0.25) is 0 Å². The van der Waals surface area contributed by atoms with Gasteiger partial charge in [-0.2, -0.15) is 9.90 Å². The lowest BCUT2D eigenvalue weighted by molar-refractivity contribution is 0.573. The van der Waals surface area contributed by atoms with Crippen molar-refractivity contribution >= 4 is 50.9 Å². The van der Waals surface area contributed by atoms with Gasteiger partial charge in [0.1, 0.15) is 5.03 Å². The van der Waals surface area contributed by atoms with Gasteiger partial charge in [0.2, 0.25) is 5.82 Å². The first-order chi connectivity index (χ1) is 16.5. The minimum Gasteiger partial charge on any atom is -0.226 e. The van der Waals surface area contributed by atoms with Gasteiger partial charge < -0.3 is 0 Å². The molecule has 5 aromatic rings. The maximum Gasteiger partial charge on any atom is 0.209 e. The van der Waals surface area contributed by atoms with Crippen LogP contribution in [0.1, 0.15) is 11.1 Å². The van der Waals surface area contributed by atoms with Crippen LogP contribution in [0.25, 0.3) is 17.1 Å². The maximum atomic E-state index is 6.27. The molecular weight excluding hydrogens is 555 g/mol. The van der Waals surface area contributed by atoms with Gasteiger partial charge in [0.15, 0.2) is 0 Å². The fourth-order valence-corrected chi connectivity index (χ4v) is 5.22. The number of aromatic nitrogens is 6. The molecule has 0 aliphatic rings. The monoisotopic (exact) mass is 570 g/mol. The van der Waals surface area contributed by atoms with E-state index in [0.29, 0.717) is 22.4 Å². The van der Waals surface area contributed by atoms with Crippen LogP contribution >= 0.6 is 50.9 Å². The van der Waals surface area contributed by atoms with Crippen molar-refractivity contribution in [1.82, 2.24) is 30.0 Å². The molecule has 10 heteroatoms. The van der Waals surface area contributed by atoms with Crippen LogP contribution in [0, 0.1) is 0 Å². The zero-order valence-corrected chi connectivity index (χ0v) is 21.6. The first-order valence-corrected chi connectivity index (χ1v) is 12.8. The Balaban J connectivity index is 1.49. The highest BCUT2D eigenvalue weighted by Crippen LogP contribution is 2.34. The van der Waals surface area contributed by atoms with E-state index in [9.17, 15) is 0 Å². The quantitative estimate of drug-likeness (QED) is 0.198. The van der Waals surface area contributed by atoms with E-state index >= 15 is 0 Å². The maximum absolute atomic E-state index is 6.27. The Bertz CT molecular complexity index is 1400. The van der Waals surface area contributed by atoms with Gasteiger partial charge in [-0.1, -0.05) is 81.6 Å². The van der Waals surface area contributed by atoms with E-state index in [-0.39, 0.29) is 0 Å². The Morgan fingerprint density at radius 1 is 0.882 bits per heavy atom. The van der Waals surface area contributed by atoms with Gasteiger partial charge in [-0.05, 0) is 46.7 Å². The second kappa shape index (κ2) is 10.3. The van der Waals surface area contributed by atoms with Crippen LogP contribution in [0.4, 0.5) is 0 Å². The van der Waals surface area contributed by atoms with E-state index in [4.69, 9.17) is 23.2 Å². The predicted molar refractivity (Wildman–Crippen MR) is 140 cm³/mol. The molecule has 0 N–H and O–H groups in total. The molecular formula is C24H17BrCl2N6S. The summed E-state index contributed by atoms with van der Waals surface area (Å²) in [5, 5.41) is 19.8. The number of rotatable bonds is 7. The highest BCUT2D eigenvalue weighted by molar-refractivity contribution is 9.10. The second-order valence-corrected chi connectivity index (χ2v) is 10.2. The molecule has 0 unspecified atom stereocenters. The number of tetrazole rings is 1. The Morgan fingerprint density at radius 2 is 1.62 bits per heavy atom. The number of thioether (sulfide) groups is 1. The lowest BCUT2D eigenvalue weighted by Gasteiger charge is -2.10. The molecule has 5 rings (SSSR count). The third kappa shape index (κ3) is 5.36. The first-order valence-electron chi connectivity index (χ1n) is 10.3. The number of benzene rings is 3. The summed E-state index contributed by atoms with van der Waals surface area (Å²) in [6, 6.07) is 23.6. The van der Waals surface area contributed by atoms with E-state index in [2.05, 4.69) is 48.6 Å². The second-order valence-electron chi connectivity index (χ2n) is 7.45. The molecule has 0 atom stereocenters. The summed E-state index contributed by atoms with van der Waals surface area (Å²) in [5.74, 6) is 1.26. The molecule has 0 bridgehead atoms. The molecule has 0 aliphatic heterocycles. The molecule has 0 saturated carbocycles. The van der Waals surface area contributed by atoms with E-state index in [1.54, 1.807) is 28.8 Å². The van der Waals surface area contributed by atoms with Crippen LogP contribution < -0.4 is 0 Å². The van der Waals surface area contributed by atoms with Crippen LogP contribution in [0.15, 0.2) is 88.5 Å². The van der Waals surface area contributed by atoms with Crippen molar-refractivity contribution in [2.24, 2.45) is 0 Å². The minimum absolute atomic E-state index is 0.507. The molecule has 0 saturated heterocycles. The van der Waals surface area contributed by atoms with E-state index < -0.39 is 0 Å². The van der Waals surface area contributed by atoms with Gasteiger partial charge in [0.05, 0.1) is 24.0 Å². The Hall–Kier alpha value is -2.65. The van der Waals surface area contributed by atoms with Crippen LogP contribution in [0.2, 0.25) is 10.0 Å². The van der Waals surface area contributed by atoms with Gasteiger partial charge >= 0.3 is 0 Å². The molecule has 6 nitrogen and oxygen atoms in total. The molecule has 170 valence electrons. The SMILES string of the molecule is Clc1cc(Cl)cc(-n2ncc(-c3nnn(Cc4ccc(Br)cc4)n3)c2SCc2ccccc2)c1. The zero-order chi connectivity index (χ0) is 23.5. The summed E-state index contributed by atoms with van der Waals surface area (Å²) in [7, 11) is 0. The van der Waals surface area contributed by atoms with Crippen LogP contribution in [-0.4, -0.2) is 30.0 Å². The Morgan fingerprint density at radius 3 is 2.35 bits per heavy atom. The highest BCUT2D eigenvalue weighted by Gasteiger charge is 2.19. The average molecular weight is 572 g/mol. The molecule has 0 radical (unpaired) electrons. The molecule has 0 fully saturated rings. The molecule has 2 heterocycles. The third-order valence-electron chi connectivity index (χ3n) is 4.97. The molecule has 2 aromatic heterocycles. The summed E-state index contributed by atoms with van der Waals surface area (Å²) in [6.45, 7) is 0.519. The standard InChI is InChI=1S/C24H17BrCl2N6S/c25-18-8-6-16(7-9-18)14-32-30-23(29-31-32)22-13-28-33(21-11-19(26)10-20(27)12-21)24(22)34-15-17-4-2-1-3-5-17/h1-13H,14-15H2. The topological polar surface area (TPSA) is 61.4 Å². The van der Waals surface area contributed by atoms with Crippen molar-refractivity contribution in [3.63, 3.8) is 0 Å². The van der Waals surface area contributed by atoms with E-state index in [1.807, 2.05) is 59.3 Å². The normalized spacial score (nSPS) is 11.1. The van der Waals surface area contributed by atoms with Gasteiger partial charge in [-0.25, -0.2) is 4.68 Å². The molecule has 3 aromatic carbocycles. The number of nitrogens with zero attached hydrogens (tertiary/aromatic N) is 6. The van der Waals surface area contributed by atoms with Crippen LogP contribution in [0.5, 0.6) is 0 Å². The summed E-state index contributed by atoms with van der Waals surface area (Å²) >= 11 is 17.6. The fourth-order valence-electron chi connectivity index (χ4n) is 3.37. The Kier molecular flexibility index (Phi) is 7.01. The predicted octanol–water partition coefficient (Wildman–Crippen LogP) is 6.94. The summed E-state index contributed by atoms with van der Waals surface area (Å²) in [5.41, 5.74) is 3.83. The van der Waals surface area contributed by atoms with Gasteiger partial charge in [0.25, 0.3) is 0 Å². The minimum atomic E-state index is 0.507. The van der Waals surface area contributed by atoms with Gasteiger partial charge in [0, 0.05) is 20.3 Å². The third-order valence-corrected chi connectivity index (χ3v) is 7.08. The van der Waals surface area contributed by atoms with E-state index in [1.165, 1.54) is 5.56 Å². The van der Waals surface area contributed by atoms with Crippen molar-refractivity contribution in [2.75, 3.05) is 0 Å². The first kappa shape index (κ1) is 23.1. The zero-order valence-electron chi connectivity index (χ0n) is 17.6. The van der Waals surface area contributed by atoms with Crippen molar-refractivity contribution in [2.45, 2.75) is 17.3 Å². The molecule has 0 spiro atoms. The smallest absolute Gasteiger partial charge is 0.209 e. The largest absolute Gasteiger partial charge is 0.226 e. The number of halogens is 3. The van der Waals surface area contributed by atoms with Crippen LogP contribution in [0.3, 0.4) is 0 Å². The van der Waals surface area contributed by atoms with Crippen molar-refractivity contribution in [3.05, 3.63) is 105 Å². The molecule has 34 heavy (non-hydrogen) atoms. The highest BCUT2D eigenvalue weighted by atomic mass is 79.9. The van der Waals surface area contributed by atoms with E-state index in [0.717, 1.165) is 32.1 Å². The molecule has 0 aliphatic carbocycles. The fraction of sp³-hybridized carbons (Fsp3) is 0.0833. The van der Waals surface area contributed by atoms with Gasteiger partial charge in [-0.15, -0.1) is 22.0 Å². The molecule has 0 amide bonds. The van der Waals surface area contributed by atoms with Crippen molar-refractivity contribution in [3.8, 4) is 17.1 Å². The summed E-state index contributed by atoms with van der Waals surface area (Å²) < 4.78 is 2.84. The summed E-state index contributed by atoms with van der Waals surface area (Å²) in [4.78, 5) is 1.58. The lowest BCUT2D eigenvalue weighted by Crippen LogP contribution is -2.04. The number of hydrogen-bond donors (Lipinski definition) is 0. The number of hydrogen-bond acceptors (Lipinski definition) is 5. The van der Waals surface area contributed by atoms with Crippen LogP contribution in [-0.2, 0) is 12.3 Å². The summed E-state index contributed by atoms with van der Waals surface area (Å²) in [6.07, 6.45) is 1.75. The average Bonchev–Trinajstić information content (AvgIpc) is 3.46. The lowest BCUT2D eigenvalue weighted by atomic mass is 10.2. The Labute approximate surface area is 219 Å². The van der Waals surface area contributed by atoms with Crippen molar-refractivity contribution in [1.29, 1.82) is 0 Å².